The lowest BCUT2D eigenvalue weighted by Gasteiger charge is -2.16. The third-order valence-corrected chi connectivity index (χ3v) is 5.87. The second kappa shape index (κ2) is 7.41. The van der Waals surface area contributed by atoms with Gasteiger partial charge < -0.3 is 10.6 Å². The summed E-state index contributed by atoms with van der Waals surface area (Å²) in [5, 5.41) is 6.20. The third-order valence-electron chi connectivity index (χ3n) is 3.33. The number of guanidine groups is 1. The first-order chi connectivity index (χ1) is 10.4. The highest BCUT2D eigenvalue weighted by Gasteiger charge is 2.28. The second-order valence-electron chi connectivity index (χ2n) is 5.18. The van der Waals surface area contributed by atoms with Crippen molar-refractivity contribution in [1.29, 1.82) is 0 Å². The standard InChI is InChI=1S/C14H19BrFN3O2S/c1-2-17-14(19-12-5-6-22(20,21)9-12)18-8-10-7-11(16)3-4-13(10)15/h3-4,7,12H,2,5-6,8-9H2,1H3,(H2,17,18,19). The number of hydrogen-bond donors (Lipinski definition) is 2. The largest absolute Gasteiger partial charge is 0.357 e. The summed E-state index contributed by atoms with van der Waals surface area (Å²) in [7, 11) is -2.94. The van der Waals surface area contributed by atoms with Gasteiger partial charge in [0.05, 0.1) is 18.1 Å². The fourth-order valence-corrected chi connectivity index (χ4v) is 4.30. The van der Waals surface area contributed by atoms with E-state index in [1.54, 1.807) is 6.07 Å². The monoisotopic (exact) mass is 391 g/mol. The first kappa shape index (κ1) is 17.2. The molecule has 0 radical (unpaired) electrons. The van der Waals surface area contributed by atoms with Crippen molar-refractivity contribution in [3.8, 4) is 0 Å². The van der Waals surface area contributed by atoms with Crippen molar-refractivity contribution in [2.45, 2.75) is 25.9 Å². The fourth-order valence-electron chi connectivity index (χ4n) is 2.25. The number of rotatable bonds is 4. The van der Waals surface area contributed by atoms with E-state index >= 15 is 0 Å². The number of halogens is 2. The van der Waals surface area contributed by atoms with Crippen LogP contribution in [0.4, 0.5) is 4.39 Å². The summed E-state index contributed by atoms with van der Waals surface area (Å²) < 4.78 is 37.0. The van der Waals surface area contributed by atoms with Gasteiger partial charge in [-0.2, -0.15) is 0 Å². The highest BCUT2D eigenvalue weighted by Crippen LogP contribution is 2.18. The third kappa shape index (κ3) is 4.95. The minimum absolute atomic E-state index is 0.126. The van der Waals surface area contributed by atoms with Crippen LogP contribution in [0.25, 0.3) is 0 Å². The fraction of sp³-hybridized carbons (Fsp3) is 0.500. The molecule has 2 rings (SSSR count). The molecule has 0 amide bonds. The maximum absolute atomic E-state index is 13.3. The normalized spacial score (nSPS) is 20.9. The Bertz CT molecular complexity index is 664. The van der Waals surface area contributed by atoms with Gasteiger partial charge >= 0.3 is 0 Å². The molecule has 8 heteroatoms. The van der Waals surface area contributed by atoms with Gasteiger partial charge in [0.2, 0.25) is 0 Å². The van der Waals surface area contributed by atoms with Crippen LogP contribution in [0, 0.1) is 5.82 Å². The van der Waals surface area contributed by atoms with Crippen LogP contribution < -0.4 is 10.6 Å². The van der Waals surface area contributed by atoms with E-state index < -0.39 is 9.84 Å². The molecule has 0 aromatic heterocycles. The Kier molecular flexibility index (Phi) is 5.80. The lowest BCUT2D eigenvalue weighted by atomic mass is 10.2. The molecule has 5 nitrogen and oxygen atoms in total. The summed E-state index contributed by atoms with van der Waals surface area (Å²) in [5.74, 6) is 0.564. The molecule has 22 heavy (non-hydrogen) atoms. The molecule has 2 N–H and O–H groups in total. The highest BCUT2D eigenvalue weighted by atomic mass is 79.9. The van der Waals surface area contributed by atoms with Crippen molar-refractivity contribution in [2.75, 3.05) is 18.1 Å². The van der Waals surface area contributed by atoms with Crippen molar-refractivity contribution in [2.24, 2.45) is 4.99 Å². The predicted octanol–water partition coefficient (Wildman–Crippen LogP) is 1.83. The smallest absolute Gasteiger partial charge is 0.191 e. The molecule has 1 aliphatic heterocycles. The van der Waals surface area contributed by atoms with Crippen molar-refractivity contribution < 1.29 is 12.8 Å². The molecule has 0 spiro atoms. The van der Waals surface area contributed by atoms with Crippen LogP contribution >= 0.6 is 15.9 Å². The van der Waals surface area contributed by atoms with Crippen LogP contribution in [0.1, 0.15) is 18.9 Å². The zero-order chi connectivity index (χ0) is 16.2. The Balaban J connectivity index is 2.05. The summed E-state index contributed by atoms with van der Waals surface area (Å²) in [5.41, 5.74) is 0.733. The van der Waals surface area contributed by atoms with Crippen LogP contribution in [0.5, 0.6) is 0 Å². The Labute approximate surface area is 138 Å². The zero-order valence-corrected chi connectivity index (χ0v) is 14.7. The van der Waals surface area contributed by atoms with Crippen LogP contribution in [-0.4, -0.2) is 38.5 Å². The summed E-state index contributed by atoms with van der Waals surface area (Å²) in [4.78, 5) is 4.40. The molecular weight excluding hydrogens is 373 g/mol. The first-order valence-electron chi connectivity index (χ1n) is 7.09. The van der Waals surface area contributed by atoms with Crippen LogP contribution in [0.15, 0.2) is 27.7 Å². The molecule has 1 atom stereocenters. The van der Waals surface area contributed by atoms with Gasteiger partial charge in [0.25, 0.3) is 0 Å². The van der Waals surface area contributed by atoms with Crippen molar-refractivity contribution in [1.82, 2.24) is 10.6 Å². The molecule has 1 aromatic carbocycles. The molecule has 0 saturated carbocycles. The molecule has 1 saturated heterocycles. The van der Waals surface area contributed by atoms with E-state index in [2.05, 4.69) is 31.6 Å². The van der Waals surface area contributed by atoms with Crippen LogP contribution in [0.3, 0.4) is 0 Å². The Morgan fingerprint density at radius 2 is 2.27 bits per heavy atom. The zero-order valence-electron chi connectivity index (χ0n) is 12.3. The number of nitrogens with zero attached hydrogens (tertiary/aromatic N) is 1. The number of sulfone groups is 1. The molecule has 1 unspecified atom stereocenters. The van der Waals surface area contributed by atoms with Gasteiger partial charge in [-0.1, -0.05) is 15.9 Å². The molecule has 122 valence electrons. The highest BCUT2D eigenvalue weighted by molar-refractivity contribution is 9.10. The van der Waals surface area contributed by atoms with E-state index in [0.29, 0.717) is 25.5 Å². The van der Waals surface area contributed by atoms with Gasteiger partial charge in [-0.3, -0.25) is 0 Å². The Hall–Kier alpha value is -1.15. The van der Waals surface area contributed by atoms with Gasteiger partial charge in [0.1, 0.15) is 5.82 Å². The average Bonchev–Trinajstić information content (AvgIpc) is 2.79. The summed E-state index contributed by atoms with van der Waals surface area (Å²) in [6.07, 6.45) is 0.580. The van der Waals surface area contributed by atoms with Gasteiger partial charge in [0, 0.05) is 17.1 Å². The van der Waals surface area contributed by atoms with E-state index in [1.165, 1.54) is 12.1 Å². The average molecular weight is 392 g/mol. The first-order valence-corrected chi connectivity index (χ1v) is 9.70. The molecule has 1 aromatic rings. The molecule has 1 aliphatic rings. The van der Waals surface area contributed by atoms with Gasteiger partial charge in [0.15, 0.2) is 15.8 Å². The second-order valence-corrected chi connectivity index (χ2v) is 8.26. The topological polar surface area (TPSA) is 70.6 Å². The summed E-state index contributed by atoms with van der Waals surface area (Å²) in [6, 6.07) is 4.32. The summed E-state index contributed by atoms with van der Waals surface area (Å²) >= 11 is 3.37. The molecule has 0 aliphatic carbocycles. The van der Waals surface area contributed by atoms with E-state index in [4.69, 9.17) is 0 Å². The van der Waals surface area contributed by atoms with E-state index in [0.717, 1.165) is 10.0 Å². The Morgan fingerprint density at radius 3 is 2.91 bits per heavy atom. The van der Waals surface area contributed by atoms with Crippen molar-refractivity contribution in [3.63, 3.8) is 0 Å². The molecule has 0 bridgehead atoms. The van der Waals surface area contributed by atoms with E-state index in [1.807, 2.05) is 6.92 Å². The van der Waals surface area contributed by atoms with E-state index in [9.17, 15) is 12.8 Å². The van der Waals surface area contributed by atoms with Crippen LogP contribution in [0.2, 0.25) is 0 Å². The molecular formula is C14H19BrFN3O2S. The predicted molar refractivity (Wildman–Crippen MR) is 89.1 cm³/mol. The maximum Gasteiger partial charge on any atom is 0.191 e. The van der Waals surface area contributed by atoms with Crippen LogP contribution in [-0.2, 0) is 16.4 Å². The maximum atomic E-state index is 13.3. The molecule has 1 heterocycles. The quantitative estimate of drug-likeness (QED) is 0.606. The molecule has 1 fully saturated rings. The number of hydrogen-bond acceptors (Lipinski definition) is 3. The minimum atomic E-state index is -2.94. The summed E-state index contributed by atoms with van der Waals surface area (Å²) in [6.45, 7) is 2.89. The number of nitrogens with one attached hydrogen (secondary N) is 2. The van der Waals surface area contributed by atoms with Gasteiger partial charge in [-0.25, -0.2) is 17.8 Å². The van der Waals surface area contributed by atoms with Crippen molar-refractivity contribution >= 4 is 31.7 Å². The number of benzene rings is 1. The minimum Gasteiger partial charge on any atom is -0.357 e. The SMILES string of the molecule is CCNC(=NCc1cc(F)ccc1Br)NC1CCS(=O)(=O)C1. The van der Waals surface area contributed by atoms with E-state index in [-0.39, 0.29) is 23.4 Å². The number of aliphatic imine (C=N–C) groups is 1. The Morgan fingerprint density at radius 1 is 1.50 bits per heavy atom. The lowest BCUT2D eigenvalue weighted by Crippen LogP contribution is -2.44. The van der Waals surface area contributed by atoms with Gasteiger partial charge in [-0.15, -0.1) is 0 Å². The lowest BCUT2D eigenvalue weighted by molar-refractivity contribution is 0.599. The van der Waals surface area contributed by atoms with Crippen molar-refractivity contribution in [3.05, 3.63) is 34.1 Å². The van der Waals surface area contributed by atoms with Gasteiger partial charge in [-0.05, 0) is 37.1 Å².